The Bertz CT molecular complexity index is 748. The first-order valence-corrected chi connectivity index (χ1v) is 6.81. The summed E-state index contributed by atoms with van der Waals surface area (Å²) in [4.78, 5) is 16.4. The third-order valence-corrected chi connectivity index (χ3v) is 3.66. The molecule has 0 unspecified atom stereocenters. The van der Waals surface area contributed by atoms with Gasteiger partial charge in [0.25, 0.3) is 5.91 Å². The fraction of sp³-hybridized carbons (Fsp3) is 0.0667. The average molecular weight is 268 g/mol. The van der Waals surface area contributed by atoms with Crippen LogP contribution in [-0.4, -0.2) is 10.9 Å². The van der Waals surface area contributed by atoms with Gasteiger partial charge in [-0.3, -0.25) is 4.79 Å². The van der Waals surface area contributed by atoms with Gasteiger partial charge in [0, 0.05) is 11.3 Å². The summed E-state index contributed by atoms with van der Waals surface area (Å²) in [6, 6.07) is 13.3. The number of hydrogen-bond donors (Lipinski definition) is 1. The van der Waals surface area contributed by atoms with Crippen LogP contribution in [0.4, 0.5) is 5.69 Å². The van der Waals surface area contributed by atoms with E-state index in [1.54, 1.807) is 11.6 Å². The molecule has 19 heavy (non-hydrogen) atoms. The molecule has 0 saturated heterocycles. The van der Waals surface area contributed by atoms with Crippen LogP contribution < -0.4 is 5.32 Å². The molecule has 0 saturated carbocycles. The Morgan fingerprint density at radius 3 is 2.95 bits per heavy atom. The van der Waals surface area contributed by atoms with E-state index in [1.165, 1.54) is 11.3 Å². The van der Waals surface area contributed by atoms with Crippen molar-refractivity contribution in [3.05, 3.63) is 59.1 Å². The first kappa shape index (κ1) is 11.9. The molecule has 2 aromatic carbocycles. The van der Waals surface area contributed by atoms with Crippen LogP contribution in [0.2, 0.25) is 0 Å². The van der Waals surface area contributed by atoms with E-state index in [2.05, 4.69) is 10.3 Å². The number of anilines is 1. The largest absolute Gasteiger partial charge is 0.322 e. The SMILES string of the molecule is Cc1cccc(NC(=O)c2ccc3ncsc3c2)c1. The molecule has 3 aromatic rings. The Morgan fingerprint density at radius 1 is 1.21 bits per heavy atom. The molecule has 0 radical (unpaired) electrons. The van der Waals surface area contributed by atoms with Gasteiger partial charge >= 0.3 is 0 Å². The number of fused-ring (bicyclic) bond motifs is 1. The summed E-state index contributed by atoms with van der Waals surface area (Å²) in [5, 5.41) is 2.90. The van der Waals surface area contributed by atoms with Crippen molar-refractivity contribution in [2.24, 2.45) is 0 Å². The maximum atomic E-state index is 12.2. The van der Waals surface area contributed by atoms with Gasteiger partial charge in [0.2, 0.25) is 0 Å². The molecule has 3 rings (SSSR count). The van der Waals surface area contributed by atoms with Gasteiger partial charge in [-0.05, 0) is 42.8 Å². The van der Waals surface area contributed by atoms with E-state index in [4.69, 9.17) is 0 Å². The first-order valence-electron chi connectivity index (χ1n) is 5.94. The zero-order valence-electron chi connectivity index (χ0n) is 10.4. The lowest BCUT2D eigenvalue weighted by Gasteiger charge is -2.06. The number of thiazole rings is 1. The molecular formula is C15H12N2OS. The van der Waals surface area contributed by atoms with E-state index in [0.717, 1.165) is 21.5 Å². The molecule has 0 fully saturated rings. The fourth-order valence-electron chi connectivity index (χ4n) is 1.92. The summed E-state index contributed by atoms with van der Waals surface area (Å²) < 4.78 is 1.02. The highest BCUT2D eigenvalue weighted by molar-refractivity contribution is 7.16. The molecule has 0 atom stereocenters. The van der Waals surface area contributed by atoms with Crippen LogP contribution in [0.3, 0.4) is 0 Å². The van der Waals surface area contributed by atoms with Gasteiger partial charge in [-0.25, -0.2) is 4.98 Å². The average Bonchev–Trinajstić information content (AvgIpc) is 2.85. The second kappa shape index (κ2) is 4.82. The predicted octanol–water partition coefficient (Wildman–Crippen LogP) is 3.86. The molecule has 0 aliphatic rings. The summed E-state index contributed by atoms with van der Waals surface area (Å²) in [6.45, 7) is 2.00. The van der Waals surface area contributed by atoms with E-state index in [1.807, 2.05) is 43.3 Å². The lowest BCUT2D eigenvalue weighted by molar-refractivity contribution is 0.102. The molecule has 4 heteroatoms. The predicted molar refractivity (Wildman–Crippen MR) is 78.8 cm³/mol. The standard InChI is InChI=1S/C15H12N2OS/c1-10-3-2-4-12(7-10)17-15(18)11-5-6-13-14(8-11)19-9-16-13/h2-9H,1H3,(H,17,18). The van der Waals surface area contributed by atoms with Crippen LogP contribution in [0, 0.1) is 6.92 Å². The van der Waals surface area contributed by atoms with Crippen LogP contribution in [0.15, 0.2) is 48.0 Å². The van der Waals surface area contributed by atoms with E-state index in [0.29, 0.717) is 5.56 Å². The van der Waals surface area contributed by atoms with Crippen LogP contribution in [0.1, 0.15) is 15.9 Å². The van der Waals surface area contributed by atoms with Crippen molar-refractivity contribution in [1.29, 1.82) is 0 Å². The number of carbonyl (C=O) groups excluding carboxylic acids is 1. The Balaban J connectivity index is 1.87. The van der Waals surface area contributed by atoms with Crippen molar-refractivity contribution >= 4 is 33.1 Å². The molecule has 0 bridgehead atoms. The Hall–Kier alpha value is -2.20. The van der Waals surface area contributed by atoms with E-state index in [-0.39, 0.29) is 5.91 Å². The minimum atomic E-state index is -0.0964. The van der Waals surface area contributed by atoms with Crippen molar-refractivity contribution in [2.75, 3.05) is 5.32 Å². The smallest absolute Gasteiger partial charge is 0.255 e. The van der Waals surface area contributed by atoms with Crippen molar-refractivity contribution in [3.8, 4) is 0 Å². The van der Waals surface area contributed by atoms with Crippen LogP contribution >= 0.6 is 11.3 Å². The second-order valence-corrected chi connectivity index (χ2v) is 5.24. The highest BCUT2D eigenvalue weighted by Gasteiger charge is 2.07. The van der Waals surface area contributed by atoms with Gasteiger partial charge in [0.05, 0.1) is 15.7 Å². The Morgan fingerprint density at radius 2 is 2.11 bits per heavy atom. The Labute approximate surface area is 114 Å². The zero-order chi connectivity index (χ0) is 13.2. The van der Waals surface area contributed by atoms with Gasteiger partial charge < -0.3 is 5.32 Å². The van der Waals surface area contributed by atoms with E-state index < -0.39 is 0 Å². The van der Waals surface area contributed by atoms with Crippen LogP contribution in [0.5, 0.6) is 0 Å². The minimum Gasteiger partial charge on any atom is -0.322 e. The number of nitrogens with zero attached hydrogens (tertiary/aromatic N) is 1. The molecule has 1 heterocycles. The van der Waals surface area contributed by atoms with Gasteiger partial charge in [-0.2, -0.15) is 0 Å². The normalized spacial score (nSPS) is 10.6. The third kappa shape index (κ3) is 2.48. The third-order valence-electron chi connectivity index (χ3n) is 2.87. The number of aryl methyl sites for hydroxylation is 1. The van der Waals surface area contributed by atoms with Crippen molar-refractivity contribution < 1.29 is 4.79 Å². The summed E-state index contributed by atoms with van der Waals surface area (Å²) in [5.74, 6) is -0.0964. The van der Waals surface area contributed by atoms with Crippen LogP contribution in [0.25, 0.3) is 10.2 Å². The lowest BCUT2D eigenvalue weighted by Crippen LogP contribution is -2.11. The summed E-state index contributed by atoms with van der Waals surface area (Å²) in [7, 11) is 0. The molecule has 0 aliphatic heterocycles. The summed E-state index contributed by atoms with van der Waals surface area (Å²) in [5.41, 5.74) is 5.30. The molecule has 1 aromatic heterocycles. The highest BCUT2D eigenvalue weighted by atomic mass is 32.1. The zero-order valence-corrected chi connectivity index (χ0v) is 11.2. The Kier molecular flexibility index (Phi) is 3.01. The summed E-state index contributed by atoms with van der Waals surface area (Å²) in [6.07, 6.45) is 0. The van der Waals surface area contributed by atoms with Gasteiger partial charge in [0.1, 0.15) is 0 Å². The number of carbonyl (C=O) groups is 1. The topological polar surface area (TPSA) is 42.0 Å². The van der Waals surface area contributed by atoms with Crippen molar-refractivity contribution in [1.82, 2.24) is 4.98 Å². The summed E-state index contributed by atoms with van der Waals surface area (Å²) >= 11 is 1.54. The maximum Gasteiger partial charge on any atom is 0.255 e. The molecule has 3 nitrogen and oxygen atoms in total. The number of aromatic nitrogens is 1. The monoisotopic (exact) mass is 268 g/mol. The van der Waals surface area contributed by atoms with Crippen molar-refractivity contribution in [2.45, 2.75) is 6.92 Å². The molecule has 0 aliphatic carbocycles. The quantitative estimate of drug-likeness (QED) is 0.767. The number of rotatable bonds is 2. The highest BCUT2D eigenvalue weighted by Crippen LogP contribution is 2.20. The first-order chi connectivity index (χ1) is 9.22. The molecule has 1 N–H and O–H groups in total. The molecule has 1 amide bonds. The van der Waals surface area contributed by atoms with Gasteiger partial charge in [-0.1, -0.05) is 12.1 Å². The van der Waals surface area contributed by atoms with E-state index in [9.17, 15) is 4.79 Å². The second-order valence-electron chi connectivity index (χ2n) is 4.36. The minimum absolute atomic E-state index is 0.0964. The number of benzene rings is 2. The van der Waals surface area contributed by atoms with Crippen LogP contribution in [-0.2, 0) is 0 Å². The number of amides is 1. The fourth-order valence-corrected chi connectivity index (χ4v) is 2.64. The van der Waals surface area contributed by atoms with E-state index >= 15 is 0 Å². The molecule has 0 spiro atoms. The van der Waals surface area contributed by atoms with Gasteiger partial charge in [0.15, 0.2) is 0 Å². The maximum absolute atomic E-state index is 12.2. The molecular weight excluding hydrogens is 256 g/mol. The van der Waals surface area contributed by atoms with Gasteiger partial charge in [-0.15, -0.1) is 11.3 Å². The lowest BCUT2D eigenvalue weighted by atomic mass is 10.2. The number of hydrogen-bond acceptors (Lipinski definition) is 3. The molecule has 94 valence electrons. The van der Waals surface area contributed by atoms with Crippen molar-refractivity contribution in [3.63, 3.8) is 0 Å². The number of nitrogens with one attached hydrogen (secondary N) is 1.